The highest BCUT2D eigenvalue weighted by Crippen LogP contribution is 2.09. The Balaban J connectivity index is 2.76. The molecule has 3 nitrogen and oxygen atoms in total. The van der Waals surface area contributed by atoms with Crippen molar-refractivity contribution < 1.29 is 17.2 Å². The Kier molecular flexibility index (Phi) is 4.12. The van der Waals surface area contributed by atoms with Crippen LogP contribution < -0.4 is 0 Å². The van der Waals surface area contributed by atoms with E-state index in [1.54, 1.807) is 0 Å². The lowest BCUT2D eigenvalue weighted by molar-refractivity contribution is 0.159. The lowest BCUT2D eigenvalue weighted by atomic mass is 10.2. The van der Waals surface area contributed by atoms with Gasteiger partial charge in [0.25, 0.3) is 6.43 Å². The molecule has 88 valence electrons. The molecule has 0 unspecified atom stereocenters. The Bertz CT molecular complexity index is 466. The van der Waals surface area contributed by atoms with Crippen molar-refractivity contribution in [3.63, 3.8) is 0 Å². The van der Waals surface area contributed by atoms with Gasteiger partial charge in [-0.3, -0.25) is 4.99 Å². The number of benzene rings is 1. The summed E-state index contributed by atoms with van der Waals surface area (Å²) in [5, 5.41) is 0. The second-order valence-corrected chi connectivity index (χ2v) is 5.24. The molecule has 6 heteroatoms. The minimum Gasteiger partial charge on any atom is -0.287 e. The largest absolute Gasteiger partial charge is 0.287 e. The van der Waals surface area contributed by atoms with E-state index in [4.69, 9.17) is 0 Å². The van der Waals surface area contributed by atoms with Crippen molar-refractivity contribution in [3.8, 4) is 0 Å². The molecule has 0 fully saturated rings. The minimum atomic E-state index is -3.22. The van der Waals surface area contributed by atoms with Crippen LogP contribution in [0.1, 0.15) is 5.56 Å². The zero-order chi connectivity index (χ0) is 12.2. The van der Waals surface area contributed by atoms with E-state index >= 15 is 0 Å². The van der Waals surface area contributed by atoms with Gasteiger partial charge in [-0.15, -0.1) is 0 Å². The van der Waals surface area contributed by atoms with E-state index in [2.05, 4.69) is 4.99 Å². The molecule has 0 spiro atoms. The quantitative estimate of drug-likeness (QED) is 0.761. The summed E-state index contributed by atoms with van der Waals surface area (Å²) < 4.78 is 45.8. The molecule has 0 aliphatic carbocycles. The van der Waals surface area contributed by atoms with Gasteiger partial charge in [-0.1, -0.05) is 12.1 Å². The lowest BCUT2D eigenvalue weighted by Crippen LogP contribution is -1.98. The summed E-state index contributed by atoms with van der Waals surface area (Å²) in [5.74, 6) is 0. The molecule has 0 aliphatic rings. The minimum absolute atomic E-state index is 0.193. The molecule has 1 aromatic rings. The van der Waals surface area contributed by atoms with Gasteiger partial charge in [0.1, 0.15) is 0 Å². The Morgan fingerprint density at radius 2 is 1.88 bits per heavy atom. The Labute approximate surface area is 92.7 Å². The van der Waals surface area contributed by atoms with Gasteiger partial charge >= 0.3 is 0 Å². The zero-order valence-corrected chi connectivity index (χ0v) is 9.42. The number of hydrogen-bond acceptors (Lipinski definition) is 3. The maximum Gasteiger partial charge on any atom is 0.257 e. The maximum atomic E-state index is 11.8. The van der Waals surface area contributed by atoms with Crippen LogP contribution in [-0.4, -0.2) is 33.9 Å². The van der Waals surface area contributed by atoms with Crippen LogP contribution >= 0.6 is 0 Å². The average molecular weight is 247 g/mol. The van der Waals surface area contributed by atoms with E-state index in [0.717, 1.165) is 6.26 Å². The van der Waals surface area contributed by atoms with E-state index in [-0.39, 0.29) is 4.90 Å². The standard InChI is InChI=1S/C10H11F2NO2S/c1-16(14,15)9-4-2-8(3-5-9)6-13-7-10(11)12/h2-6,10H,7H2,1H3. The van der Waals surface area contributed by atoms with Gasteiger partial charge < -0.3 is 0 Å². The average Bonchev–Trinajstić information content (AvgIpc) is 2.16. The number of alkyl halides is 2. The van der Waals surface area contributed by atoms with Crippen molar-refractivity contribution in [2.75, 3.05) is 12.8 Å². The Morgan fingerprint density at radius 3 is 2.31 bits per heavy atom. The van der Waals surface area contributed by atoms with Crippen molar-refractivity contribution in [2.24, 2.45) is 4.99 Å². The van der Waals surface area contributed by atoms with Gasteiger partial charge in [-0.05, 0) is 17.7 Å². The molecule has 0 aliphatic heterocycles. The molecule has 0 radical (unpaired) electrons. The number of nitrogens with zero attached hydrogens (tertiary/aromatic N) is 1. The monoisotopic (exact) mass is 247 g/mol. The van der Waals surface area contributed by atoms with Crippen LogP contribution in [0.15, 0.2) is 34.2 Å². The third-order valence-electron chi connectivity index (χ3n) is 1.79. The number of halogens is 2. The fraction of sp³-hybridized carbons (Fsp3) is 0.300. The van der Waals surface area contributed by atoms with Crippen LogP contribution in [-0.2, 0) is 9.84 Å². The highest BCUT2D eigenvalue weighted by Gasteiger charge is 2.05. The fourth-order valence-corrected chi connectivity index (χ4v) is 1.67. The predicted octanol–water partition coefficient (Wildman–Crippen LogP) is 1.77. The number of sulfone groups is 1. The SMILES string of the molecule is CS(=O)(=O)c1ccc(C=NCC(F)F)cc1. The molecule has 0 atom stereocenters. The first-order valence-corrected chi connectivity index (χ1v) is 6.37. The molecule has 0 amide bonds. The Hall–Kier alpha value is -1.30. The second-order valence-electron chi connectivity index (χ2n) is 3.23. The highest BCUT2D eigenvalue weighted by molar-refractivity contribution is 7.90. The van der Waals surface area contributed by atoms with Gasteiger partial charge in [-0.2, -0.15) is 0 Å². The molecule has 0 heterocycles. The molecule has 1 aromatic carbocycles. The van der Waals surface area contributed by atoms with Gasteiger partial charge in [0.05, 0.1) is 11.4 Å². The van der Waals surface area contributed by atoms with Crippen LogP contribution in [0.2, 0.25) is 0 Å². The summed E-state index contributed by atoms with van der Waals surface area (Å²) in [5.41, 5.74) is 0.591. The van der Waals surface area contributed by atoms with Crippen LogP contribution in [0.5, 0.6) is 0 Å². The fourth-order valence-electron chi connectivity index (χ4n) is 1.04. The van der Waals surface area contributed by atoms with Gasteiger partial charge in [-0.25, -0.2) is 17.2 Å². The lowest BCUT2D eigenvalue weighted by Gasteiger charge is -1.98. The maximum absolute atomic E-state index is 11.8. The van der Waals surface area contributed by atoms with E-state index in [1.165, 1.54) is 30.5 Å². The predicted molar refractivity (Wildman–Crippen MR) is 58.0 cm³/mol. The normalized spacial score (nSPS) is 12.5. The number of hydrogen-bond donors (Lipinski definition) is 0. The Morgan fingerprint density at radius 1 is 1.31 bits per heavy atom. The zero-order valence-electron chi connectivity index (χ0n) is 8.60. The molecular formula is C10H11F2NO2S. The molecule has 0 aromatic heterocycles. The van der Waals surface area contributed by atoms with E-state index in [1.807, 2.05) is 0 Å². The van der Waals surface area contributed by atoms with E-state index < -0.39 is 22.8 Å². The molecule has 0 N–H and O–H groups in total. The first-order valence-electron chi connectivity index (χ1n) is 4.47. The van der Waals surface area contributed by atoms with Crippen molar-refractivity contribution in [3.05, 3.63) is 29.8 Å². The first-order chi connectivity index (χ1) is 7.39. The summed E-state index contributed by atoms with van der Waals surface area (Å²) in [4.78, 5) is 3.70. The van der Waals surface area contributed by atoms with Crippen molar-refractivity contribution in [1.82, 2.24) is 0 Å². The van der Waals surface area contributed by atoms with Crippen LogP contribution in [0.25, 0.3) is 0 Å². The second kappa shape index (κ2) is 5.16. The van der Waals surface area contributed by atoms with Gasteiger partial charge in [0.2, 0.25) is 0 Å². The molecule has 16 heavy (non-hydrogen) atoms. The van der Waals surface area contributed by atoms with Gasteiger partial charge in [0, 0.05) is 12.5 Å². The molecule has 0 saturated carbocycles. The topological polar surface area (TPSA) is 46.5 Å². The van der Waals surface area contributed by atoms with Crippen LogP contribution in [0.4, 0.5) is 8.78 Å². The van der Waals surface area contributed by atoms with E-state index in [9.17, 15) is 17.2 Å². The molecular weight excluding hydrogens is 236 g/mol. The molecule has 1 rings (SSSR count). The van der Waals surface area contributed by atoms with Crippen LogP contribution in [0, 0.1) is 0 Å². The third kappa shape index (κ3) is 4.06. The summed E-state index contributed by atoms with van der Waals surface area (Å²) in [6, 6.07) is 5.87. The van der Waals surface area contributed by atoms with Crippen molar-refractivity contribution in [2.45, 2.75) is 11.3 Å². The third-order valence-corrected chi connectivity index (χ3v) is 2.92. The smallest absolute Gasteiger partial charge is 0.257 e. The van der Waals surface area contributed by atoms with Crippen molar-refractivity contribution in [1.29, 1.82) is 0 Å². The first kappa shape index (κ1) is 12.8. The van der Waals surface area contributed by atoms with E-state index in [0.29, 0.717) is 5.56 Å². The van der Waals surface area contributed by atoms with Gasteiger partial charge in [0.15, 0.2) is 9.84 Å². The number of rotatable bonds is 4. The van der Waals surface area contributed by atoms with Crippen LogP contribution in [0.3, 0.4) is 0 Å². The molecule has 0 bridgehead atoms. The van der Waals surface area contributed by atoms with Crippen molar-refractivity contribution >= 4 is 16.1 Å². The highest BCUT2D eigenvalue weighted by atomic mass is 32.2. The number of aliphatic imine (C=N–C) groups is 1. The molecule has 0 saturated heterocycles. The summed E-state index contributed by atoms with van der Waals surface area (Å²) in [7, 11) is -3.22. The summed E-state index contributed by atoms with van der Waals surface area (Å²) in [6.07, 6.45) is -0.0722. The summed E-state index contributed by atoms with van der Waals surface area (Å²) in [6.45, 7) is -0.548. The summed E-state index contributed by atoms with van der Waals surface area (Å²) >= 11 is 0.